The van der Waals surface area contributed by atoms with Gasteiger partial charge in [0.15, 0.2) is 11.6 Å². The van der Waals surface area contributed by atoms with Gasteiger partial charge in [-0.1, -0.05) is 42.5 Å². The van der Waals surface area contributed by atoms with Gasteiger partial charge in [0.25, 0.3) is 0 Å². The van der Waals surface area contributed by atoms with Crippen LogP contribution < -0.4 is 0 Å². The van der Waals surface area contributed by atoms with E-state index in [9.17, 15) is 14.3 Å². The highest BCUT2D eigenvalue weighted by molar-refractivity contribution is 5.83. The van der Waals surface area contributed by atoms with Crippen molar-refractivity contribution in [3.05, 3.63) is 65.9 Å². The number of rotatable bonds is 11. The minimum Gasteiger partial charge on any atom is -0.480 e. The summed E-state index contributed by atoms with van der Waals surface area (Å²) in [6, 6.07) is 13.7. The van der Waals surface area contributed by atoms with Crippen LogP contribution in [0.5, 0.6) is 0 Å². The van der Waals surface area contributed by atoms with Gasteiger partial charge in [0.2, 0.25) is 0 Å². The Morgan fingerprint density at radius 3 is 2.44 bits per heavy atom. The zero-order valence-corrected chi connectivity index (χ0v) is 20.2. The highest BCUT2D eigenvalue weighted by Gasteiger charge is 2.27. The van der Waals surface area contributed by atoms with E-state index in [0.29, 0.717) is 49.1 Å². The number of benzene rings is 2. The summed E-state index contributed by atoms with van der Waals surface area (Å²) in [7, 11) is 0. The molecule has 1 saturated carbocycles. The Bertz CT molecular complexity index is 1160. The lowest BCUT2D eigenvalue weighted by Gasteiger charge is -2.28. The molecule has 1 fully saturated rings. The summed E-state index contributed by atoms with van der Waals surface area (Å²) in [5, 5.41) is 23.2. The van der Waals surface area contributed by atoms with E-state index in [1.54, 1.807) is 6.07 Å². The van der Waals surface area contributed by atoms with Gasteiger partial charge in [0.05, 0.1) is 6.61 Å². The molecule has 0 atom stereocenters. The van der Waals surface area contributed by atoms with Crippen molar-refractivity contribution in [2.75, 3.05) is 19.8 Å². The monoisotopic (exact) mass is 498 g/mol. The number of halogens is 2. The van der Waals surface area contributed by atoms with Gasteiger partial charge in [-0.05, 0) is 56.4 Å². The first-order valence-electron chi connectivity index (χ1n) is 12.5. The summed E-state index contributed by atoms with van der Waals surface area (Å²) < 4.78 is 36.5. The predicted octanol–water partition coefficient (Wildman–Crippen LogP) is 5.33. The van der Waals surface area contributed by atoms with E-state index >= 15 is 4.39 Å². The molecule has 2 aromatic carbocycles. The van der Waals surface area contributed by atoms with Gasteiger partial charge < -0.3 is 14.9 Å². The maximum Gasteiger partial charge on any atom is 0.329 e. The van der Waals surface area contributed by atoms with Crippen LogP contribution in [0, 0.1) is 23.5 Å². The Labute approximate surface area is 209 Å². The van der Waals surface area contributed by atoms with Gasteiger partial charge in [-0.2, -0.15) is 5.10 Å². The van der Waals surface area contributed by atoms with Crippen molar-refractivity contribution in [2.24, 2.45) is 11.8 Å². The molecule has 0 amide bonds. The van der Waals surface area contributed by atoms with Gasteiger partial charge >= 0.3 is 5.97 Å². The number of aliphatic hydroxyl groups excluding tert-OH is 1. The summed E-state index contributed by atoms with van der Waals surface area (Å²) >= 11 is 0. The van der Waals surface area contributed by atoms with Crippen molar-refractivity contribution in [3.8, 4) is 22.4 Å². The third-order valence-electron chi connectivity index (χ3n) is 6.87. The topological polar surface area (TPSA) is 84.6 Å². The fourth-order valence-corrected chi connectivity index (χ4v) is 5.06. The Balaban J connectivity index is 1.64. The van der Waals surface area contributed by atoms with Crippen LogP contribution >= 0.6 is 0 Å². The number of nitrogens with zero attached hydrogens (tertiary/aromatic N) is 2. The van der Waals surface area contributed by atoms with Crippen molar-refractivity contribution in [2.45, 2.75) is 45.1 Å². The minimum absolute atomic E-state index is 0.0155. The molecule has 0 radical (unpaired) electrons. The second kappa shape index (κ2) is 12.2. The summed E-state index contributed by atoms with van der Waals surface area (Å²) in [5.41, 5.74) is 2.96. The third kappa shape index (κ3) is 6.17. The van der Waals surface area contributed by atoms with Crippen LogP contribution in [0.1, 0.15) is 37.8 Å². The Morgan fingerprint density at radius 1 is 1.03 bits per heavy atom. The van der Waals surface area contributed by atoms with Gasteiger partial charge in [-0.15, -0.1) is 0 Å². The number of aliphatic carboxylic acids is 1. The molecule has 1 aliphatic carbocycles. The van der Waals surface area contributed by atoms with Crippen molar-refractivity contribution in [1.29, 1.82) is 0 Å². The first-order chi connectivity index (χ1) is 17.5. The molecule has 1 aliphatic rings. The summed E-state index contributed by atoms with van der Waals surface area (Å²) in [4.78, 5) is 10.7. The summed E-state index contributed by atoms with van der Waals surface area (Å²) in [6.45, 7) is 0.797. The van der Waals surface area contributed by atoms with E-state index in [-0.39, 0.29) is 18.8 Å². The fraction of sp³-hybridized carbons (Fsp3) is 0.429. The molecule has 0 saturated heterocycles. The van der Waals surface area contributed by atoms with Crippen molar-refractivity contribution >= 4 is 5.97 Å². The summed E-state index contributed by atoms with van der Waals surface area (Å²) in [6.07, 6.45) is 4.75. The zero-order valence-electron chi connectivity index (χ0n) is 20.2. The molecule has 3 aromatic rings. The van der Waals surface area contributed by atoms with Crippen molar-refractivity contribution in [1.82, 2.24) is 9.78 Å². The second-order valence-corrected chi connectivity index (χ2v) is 9.44. The van der Waals surface area contributed by atoms with E-state index in [0.717, 1.165) is 43.0 Å². The Hall–Kier alpha value is -3.10. The average Bonchev–Trinajstić information content (AvgIpc) is 3.23. The van der Waals surface area contributed by atoms with Gasteiger partial charge in [0.1, 0.15) is 12.3 Å². The van der Waals surface area contributed by atoms with Gasteiger partial charge in [-0.25, -0.2) is 13.6 Å². The molecule has 0 bridgehead atoms. The third-order valence-corrected chi connectivity index (χ3v) is 6.87. The molecule has 1 heterocycles. The second-order valence-electron chi connectivity index (χ2n) is 9.44. The number of carbonyl (C=O) groups is 1. The molecule has 6 nitrogen and oxygen atoms in total. The molecular formula is C28H32F2N2O4. The van der Waals surface area contributed by atoms with Crippen LogP contribution in [-0.4, -0.2) is 45.8 Å². The number of aromatic nitrogens is 2. The van der Waals surface area contributed by atoms with Crippen LogP contribution in [0.15, 0.2) is 48.5 Å². The van der Waals surface area contributed by atoms with Crippen LogP contribution in [0.25, 0.3) is 22.4 Å². The number of aliphatic hydroxyl groups is 1. The molecule has 0 aliphatic heterocycles. The largest absolute Gasteiger partial charge is 0.480 e. The molecular weight excluding hydrogens is 466 g/mol. The SMILES string of the molecule is O=C(O)COCC1CCC(Cn2nc(-c3ccccc3)c(-c3cccc(F)c3F)c2CCCO)CC1. The molecule has 1 aromatic heterocycles. The van der Waals surface area contributed by atoms with E-state index < -0.39 is 17.6 Å². The first-order valence-corrected chi connectivity index (χ1v) is 12.5. The highest BCUT2D eigenvalue weighted by Crippen LogP contribution is 2.38. The Morgan fingerprint density at radius 2 is 1.75 bits per heavy atom. The molecule has 36 heavy (non-hydrogen) atoms. The number of carboxylic acids is 1. The minimum atomic E-state index is -0.961. The molecule has 8 heteroatoms. The maximum atomic E-state index is 15.0. The van der Waals surface area contributed by atoms with Gasteiger partial charge in [-0.3, -0.25) is 4.68 Å². The highest BCUT2D eigenvalue weighted by atomic mass is 19.2. The zero-order chi connectivity index (χ0) is 25.5. The Kier molecular flexibility index (Phi) is 8.83. The normalized spacial score (nSPS) is 17.9. The lowest BCUT2D eigenvalue weighted by atomic mass is 9.82. The van der Waals surface area contributed by atoms with Crippen molar-refractivity contribution in [3.63, 3.8) is 0 Å². The quantitative estimate of drug-likeness (QED) is 0.373. The van der Waals surface area contributed by atoms with Crippen LogP contribution in [0.4, 0.5) is 8.78 Å². The number of hydrogen-bond donors (Lipinski definition) is 2. The van der Waals surface area contributed by atoms with E-state index in [1.807, 2.05) is 35.0 Å². The first kappa shape index (κ1) is 26.0. The predicted molar refractivity (Wildman–Crippen MR) is 132 cm³/mol. The van der Waals surface area contributed by atoms with Crippen molar-refractivity contribution < 1.29 is 28.5 Å². The van der Waals surface area contributed by atoms with E-state index in [1.165, 1.54) is 6.07 Å². The molecule has 4 rings (SSSR count). The maximum absolute atomic E-state index is 15.0. The van der Waals surface area contributed by atoms with Crippen LogP contribution in [0.3, 0.4) is 0 Å². The van der Waals surface area contributed by atoms with E-state index in [4.69, 9.17) is 14.9 Å². The fourth-order valence-electron chi connectivity index (χ4n) is 5.06. The number of ether oxygens (including phenoxy) is 1. The number of carboxylic acid groups (broad SMARTS) is 1. The van der Waals surface area contributed by atoms with Crippen LogP contribution in [0.2, 0.25) is 0 Å². The molecule has 192 valence electrons. The summed E-state index contributed by atoms with van der Waals surface area (Å²) in [5.74, 6) is -2.08. The van der Waals surface area contributed by atoms with E-state index in [2.05, 4.69) is 0 Å². The standard InChI is InChI=1S/C28H32F2N2O4/c29-23-9-4-8-22(27(23)30)26-24(10-5-15-33)32(31-28(26)21-6-2-1-3-7-21)16-19-11-13-20(14-12-19)17-36-18-25(34)35/h1-4,6-9,19-20,33H,5,10-18H2,(H,34,35). The average molecular weight is 499 g/mol. The molecule has 0 unspecified atom stereocenters. The molecule has 2 N–H and O–H groups in total. The lowest BCUT2D eigenvalue weighted by Crippen LogP contribution is -2.24. The van der Waals surface area contributed by atoms with Gasteiger partial charge in [0, 0.05) is 35.5 Å². The lowest BCUT2D eigenvalue weighted by molar-refractivity contribution is -0.142. The smallest absolute Gasteiger partial charge is 0.329 e. The van der Waals surface area contributed by atoms with Crippen LogP contribution in [-0.2, 0) is 22.5 Å². The number of hydrogen-bond acceptors (Lipinski definition) is 4. The molecule has 0 spiro atoms.